The number of ether oxygens (including phenoxy) is 1. The van der Waals surface area contributed by atoms with E-state index in [1.165, 1.54) is 0 Å². The first kappa shape index (κ1) is 16.7. The number of hydrogen-bond acceptors (Lipinski definition) is 3. The van der Waals surface area contributed by atoms with Crippen molar-refractivity contribution in [2.45, 2.75) is 46.3 Å². The molecule has 0 radical (unpaired) electrons. The molecule has 0 aromatic carbocycles. The van der Waals surface area contributed by atoms with Crippen molar-refractivity contribution in [1.82, 2.24) is 4.90 Å². The number of halogens is 1. The number of carbonyl (C=O) groups is 1. The molecule has 1 saturated heterocycles. The molecule has 1 amide bonds. The van der Waals surface area contributed by atoms with Crippen LogP contribution < -0.4 is 5.73 Å². The predicted octanol–water partition coefficient (Wildman–Crippen LogP) is 1.42. The van der Waals surface area contributed by atoms with E-state index in [-0.39, 0.29) is 29.8 Å². The fourth-order valence-corrected chi connectivity index (χ4v) is 1.76. The summed E-state index contributed by atoms with van der Waals surface area (Å²) < 4.78 is 5.51. The zero-order valence-corrected chi connectivity index (χ0v) is 12.0. The van der Waals surface area contributed by atoms with Crippen molar-refractivity contribution in [1.29, 1.82) is 0 Å². The van der Waals surface area contributed by atoms with Crippen molar-refractivity contribution >= 4 is 18.3 Å². The lowest BCUT2D eigenvalue weighted by Gasteiger charge is -2.32. The maximum absolute atomic E-state index is 12.2. The lowest BCUT2D eigenvalue weighted by atomic mass is 9.86. The zero-order valence-electron chi connectivity index (χ0n) is 11.2. The van der Waals surface area contributed by atoms with Gasteiger partial charge in [0.15, 0.2) is 0 Å². The summed E-state index contributed by atoms with van der Waals surface area (Å²) in [7, 11) is 0. The Morgan fingerprint density at radius 3 is 2.59 bits per heavy atom. The quantitative estimate of drug-likeness (QED) is 0.779. The van der Waals surface area contributed by atoms with Crippen LogP contribution in [0, 0.1) is 5.41 Å². The molecule has 17 heavy (non-hydrogen) atoms. The first-order valence-corrected chi connectivity index (χ1v) is 5.98. The maximum atomic E-state index is 12.2. The van der Waals surface area contributed by atoms with Gasteiger partial charge in [0.1, 0.15) is 0 Å². The van der Waals surface area contributed by atoms with E-state index in [0.717, 1.165) is 19.6 Å². The van der Waals surface area contributed by atoms with Crippen LogP contribution in [0.1, 0.15) is 34.1 Å². The highest BCUT2D eigenvalue weighted by Crippen LogP contribution is 2.20. The average molecular weight is 265 g/mol. The van der Waals surface area contributed by atoms with Crippen LogP contribution in [-0.2, 0) is 9.53 Å². The van der Waals surface area contributed by atoms with E-state index in [1.54, 1.807) is 0 Å². The normalized spacial score (nSPS) is 23.6. The summed E-state index contributed by atoms with van der Waals surface area (Å²) in [4.78, 5) is 14.0. The summed E-state index contributed by atoms with van der Waals surface area (Å²) in [5, 5.41) is 0. The minimum absolute atomic E-state index is 0. The standard InChI is InChI=1S/C12H24N2O2.ClH/c1-9-8-14(6-5-7-16-9)11(15)10(13)12(2,3)4;/h9-10H,5-8,13H2,1-4H3;1H/t9?,10-;/m1./s1. The molecule has 2 atom stereocenters. The number of nitrogens with zero attached hydrogens (tertiary/aromatic N) is 1. The van der Waals surface area contributed by atoms with E-state index < -0.39 is 6.04 Å². The Balaban J connectivity index is 0.00000256. The largest absolute Gasteiger partial charge is 0.377 e. The van der Waals surface area contributed by atoms with Gasteiger partial charge in [0.25, 0.3) is 0 Å². The molecule has 1 unspecified atom stereocenters. The zero-order chi connectivity index (χ0) is 12.3. The Labute approximate surface area is 110 Å². The number of carbonyl (C=O) groups excluding carboxylic acids is 1. The van der Waals surface area contributed by atoms with E-state index in [0.29, 0.717) is 6.54 Å². The maximum Gasteiger partial charge on any atom is 0.240 e. The number of nitrogens with two attached hydrogens (primary N) is 1. The first-order valence-electron chi connectivity index (χ1n) is 5.98. The van der Waals surface area contributed by atoms with Gasteiger partial charge >= 0.3 is 0 Å². The molecule has 102 valence electrons. The summed E-state index contributed by atoms with van der Waals surface area (Å²) in [6, 6.07) is -0.433. The molecule has 0 bridgehead atoms. The van der Waals surface area contributed by atoms with E-state index in [2.05, 4.69) is 0 Å². The molecule has 0 spiro atoms. The summed E-state index contributed by atoms with van der Waals surface area (Å²) in [6.45, 7) is 10.1. The van der Waals surface area contributed by atoms with Gasteiger partial charge in [-0.1, -0.05) is 20.8 Å². The Morgan fingerprint density at radius 1 is 1.47 bits per heavy atom. The van der Waals surface area contributed by atoms with E-state index in [9.17, 15) is 4.79 Å². The summed E-state index contributed by atoms with van der Waals surface area (Å²) in [5.74, 6) is 0.0462. The van der Waals surface area contributed by atoms with E-state index in [4.69, 9.17) is 10.5 Å². The third-order valence-electron chi connectivity index (χ3n) is 2.96. The van der Waals surface area contributed by atoms with Crippen LogP contribution in [0.5, 0.6) is 0 Å². The Kier molecular flexibility index (Phi) is 6.45. The molecule has 0 aromatic rings. The van der Waals surface area contributed by atoms with Gasteiger partial charge < -0.3 is 15.4 Å². The van der Waals surface area contributed by atoms with Gasteiger partial charge in [-0.05, 0) is 18.8 Å². The van der Waals surface area contributed by atoms with Crippen LogP contribution in [0.2, 0.25) is 0 Å². The molecule has 5 heteroatoms. The number of hydrogen-bond donors (Lipinski definition) is 1. The molecule has 1 rings (SSSR count). The van der Waals surface area contributed by atoms with Gasteiger partial charge in [0.2, 0.25) is 5.91 Å². The minimum atomic E-state index is -0.433. The van der Waals surface area contributed by atoms with Crippen LogP contribution in [0.25, 0.3) is 0 Å². The van der Waals surface area contributed by atoms with Gasteiger partial charge in [-0.25, -0.2) is 0 Å². The Bertz CT molecular complexity index is 253. The summed E-state index contributed by atoms with van der Waals surface area (Å²) in [5.41, 5.74) is 5.80. The molecule has 0 aromatic heterocycles. The van der Waals surface area contributed by atoms with Crippen LogP contribution in [0.15, 0.2) is 0 Å². The molecule has 0 aliphatic carbocycles. The molecule has 1 aliphatic heterocycles. The highest BCUT2D eigenvalue weighted by atomic mass is 35.5. The number of rotatable bonds is 1. The van der Waals surface area contributed by atoms with Crippen LogP contribution in [0.3, 0.4) is 0 Å². The number of amides is 1. The smallest absolute Gasteiger partial charge is 0.240 e. The average Bonchev–Trinajstić information content (AvgIpc) is 2.39. The molecule has 1 heterocycles. The van der Waals surface area contributed by atoms with Crippen LogP contribution >= 0.6 is 12.4 Å². The lowest BCUT2D eigenvalue weighted by Crippen LogP contribution is -2.51. The van der Waals surface area contributed by atoms with E-state index in [1.807, 2.05) is 32.6 Å². The SMILES string of the molecule is CC1CN(C(=O)[C@@H](N)C(C)(C)C)CCCO1.Cl. The lowest BCUT2D eigenvalue weighted by molar-refractivity contribution is -0.135. The molecule has 4 nitrogen and oxygen atoms in total. The van der Waals surface area contributed by atoms with Gasteiger partial charge in [0.05, 0.1) is 12.1 Å². The van der Waals surface area contributed by atoms with Crippen molar-refractivity contribution in [3.8, 4) is 0 Å². The second-order valence-corrected chi connectivity index (χ2v) is 5.66. The van der Waals surface area contributed by atoms with E-state index >= 15 is 0 Å². The molecule has 2 N–H and O–H groups in total. The highest BCUT2D eigenvalue weighted by Gasteiger charge is 2.32. The van der Waals surface area contributed by atoms with Gasteiger partial charge in [-0.2, -0.15) is 0 Å². The molecule has 1 fully saturated rings. The predicted molar refractivity (Wildman–Crippen MR) is 71.3 cm³/mol. The summed E-state index contributed by atoms with van der Waals surface area (Å²) >= 11 is 0. The van der Waals surface area contributed by atoms with Crippen molar-refractivity contribution in [2.75, 3.05) is 19.7 Å². The third kappa shape index (κ3) is 4.82. The Hall–Kier alpha value is -0.320. The second kappa shape index (κ2) is 6.57. The van der Waals surface area contributed by atoms with Gasteiger partial charge in [-0.3, -0.25) is 4.79 Å². The van der Waals surface area contributed by atoms with Crippen LogP contribution in [-0.4, -0.2) is 42.6 Å². The van der Waals surface area contributed by atoms with Crippen molar-refractivity contribution in [3.05, 3.63) is 0 Å². The van der Waals surface area contributed by atoms with Gasteiger partial charge in [-0.15, -0.1) is 12.4 Å². The van der Waals surface area contributed by atoms with Crippen LogP contribution in [0.4, 0.5) is 0 Å². The third-order valence-corrected chi connectivity index (χ3v) is 2.96. The molecular weight excluding hydrogens is 240 g/mol. The second-order valence-electron chi connectivity index (χ2n) is 5.66. The van der Waals surface area contributed by atoms with Crippen molar-refractivity contribution < 1.29 is 9.53 Å². The topological polar surface area (TPSA) is 55.6 Å². The molecular formula is C12H25ClN2O2. The fraction of sp³-hybridized carbons (Fsp3) is 0.917. The Morgan fingerprint density at radius 2 is 2.06 bits per heavy atom. The van der Waals surface area contributed by atoms with Crippen molar-refractivity contribution in [2.24, 2.45) is 11.1 Å². The van der Waals surface area contributed by atoms with Crippen molar-refractivity contribution in [3.63, 3.8) is 0 Å². The summed E-state index contributed by atoms with van der Waals surface area (Å²) in [6.07, 6.45) is 1.01. The van der Waals surface area contributed by atoms with Gasteiger partial charge in [0, 0.05) is 19.7 Å². The first-order chi connectivity index (χ1) is 7.32. The fourth-order valence-electron chi connectivity index (χ4n) is 1.76. The molecule has 1 aliphatic rings. The highest BCUT2D eigenvalue weighted by molar-refractivity contribution is 5.85. The molecule has 0 saturated carbocycles. The monoisotopic (exact) mass is 264 g/mol. The minimum Gasteiger partial charge on any atom is -0.377 e.